The van der Waals surface area contributed by atoms with Gasteiger partial charge in [-0.2, -0.15) is 8.42 Å². The van der Waals surface area contributed by atoms with Crippen LogP contribution in [0.1, 0.15) is 25.3 Å². The van der Waals surface area contributed by atoms with Crippen molar-refractivity contribution in [3.63, 3.8) is 0 Å². The molecule has 1 aliphatic rings. The minimum Gasteiger partial charge on any atom is -0.465 e. The Morgan fingerprint density at radius 1 is 1.33 bits per heavy atom. The second kappa shape index (κ2) is 6.03. The normalized spacial score (nSPS) is 22.5. The molecule has 1 aromatic carbocycles. The van der Waals surface area contributed by atoms with Gasteiger partial charge in [-0.05, 0) is 38.8 Å². The molecule has 2 rings (SSSR count). The van der Waals surface area contributed by atoms with Gasteiger partial charge in [-0.25, -0.2) is 4.79 Å². The molecule has 6 nitrogen and oxygen atoms in total. The van der Waals surface area contributed by atoms with E-state index in [9.17, 15) is 13.2 Å². The van der Waals surface area contributed by atoms with Crippen LogP contribution < -0.4 is 0 Å². The molecule has 21 heavy (non-hydrogen) atoms. The van der Waals surface area contributed by atoms with Crippen molar-refractivity contribution >= 4 is 16.2 Å². The van der Waals surface area contributed by atoms with Gasteiger partial charge in [0.2, 0.25) is 0 Å². The molecule has 7 heteroatoms. The van der Waals surface area contributed by atoms with Gasteiger partial charge in [0.15, 0.2) is 0 Å². The summed E-state index contributed by atoms with van der Waals surface area (Å²) in [6.07, 6.45) is 0.281. The highest BCUT2D eigenvalue weighted by atomic mass is 32.2. The molecular formula is C14H19NO5S. The third-order valence-electron chi connectivity index (χ3n) is 3.73. The lowest BCUT2D eigenvalue weighted by atomic mass is 10.2. The molecule has 0 aromatic heterocycles. The second-order valence-electron chi connectivity index (χ2n) is 5.32. The Morgan fingerprint density at radius 2 is 1.95 bits per heavy atom. The maximum atomic E-state index is 12.1. The topological polar surface area (TPSA) is 83.9 Å². The summed E-state index contributed by atoms with van der Waals surface area (Å²) in [5.74, 6) is 0. The maximum Gasteiger partial charge on any atom is 0.407 e. The van der Waals surface area contributed by atoms with Gasteiger partial charge in [0, 0.05) is 6.04 Å². The molecular weight excluding hydrogens is 294 g/mol. The number of nitrogens with zero attached hydrogens (tertiary/aromatic N) is 1. The van der Waals surface area contributed by atoms with E-state index in [4.69, 9.17) is 9.29 Å². The summed E-state index contributed by atoms with van der Waals surface area (Å²) in [4.78, 5) is 12.5. The Bertz CT molecular complexity index is 611. The molecule has 0 aliphatic carbocycles. The van der Waals surface area contributed by atoms with Gasteiger partial charge in [-0.3, -0.25) is 4.18 Å². The van der Waals surface area contributed by atoms with E-state index in [0.717, 1.165) is 5.56 Å². The molecule has 0 saturated carbocycles. The predicted octanol–water partition coefficient (Wildman–Crippen LogP) is 2.23. The number of aryl methyl sites for hydroxylation is 1. The molecule has 1 heterocycles. The Kier molecular flexibility index (Phi) is 4.53. The van der Waals surface area contributed by atoms with Gasteiger partial charge in [0.25, 0.3) is 10.1 Å². The number of carbonyl (C=O) groups is 1. The molecule has 2 unspecified atom stereocenters. The highest BCUT2D eigenvalue weighted by Crippen LogP contribution is 2.25. The third-order valence-corrected chi connectivity index (χ3v) is 5.03. The van der Waals surface area contributed by atoms with Gasteiger partial charge in [0.1, 0.15) is 0 Å². The lowest BCUT2D eigenvalue weighted by Gasteiger charge is -2.24. The van der Waals surface area contributed by atoms with Crippen molar-refractivity contribution in [3.05, 3.63) is 29.8 Å². The zero-order chi connectivity index (χ0) is 15.6. The molecule has 116 valence electrons. The number of benzene rings is 1. The van der Waals surface area contributed by atoms with Crippen LogP contribution in [0.2, 0.25) is 0 Å². The van der Waals surface area contributed by atoms with Crippen molar-refractivity contribution in [2.75, 3.05) is 6.61 Å². The summed E-state index contributed by atoms with van der Waals surface area (Å²) in [7, 11) is -3.85. The lowest BCUT2D eigenvalue weighted by Crippen LogP contribution is -2.41. The molecule has 1 saturated heterocycles. The fraction of sp³-hybridized carbons (Fsp3) is 0.500. The zero-order valence-electron chi connectivity index (χ0n) is 12.0. The van der Waals surface area contributed by atoms with Crippen LogP contribution in [0.25, 0.3) is 0 Å². The predicted molar refractivity (Wildman–Crippen MR) is 76.7 cm³/mol. The molecule has 2 atom stereocenters. The smallest absolute Gasteiger partial charge is 0.407 e. The third kappa shape index (κ3) is 3.54. The van der Waals surface area contributed by atoms with E-state index in [2.05, 4.69) is 0 Å². The van der Waals surface area contributed by atoms with Crippen molar-refractivity contribution < 1.29 is 22.5 Å². The van der Waals surface area contributed by atoms with Gasteiger partial charge < -0.3 is 10.0 Å². The molecule has 1 amide bonds. The Morgan fingerprint density at radius 3 is 2.52 bits per heavy atom. The average Bonchev–Trinajstić information content (AvgIpc) is 2.78. The first-order valence-electron chi connectivity index (χ1n) is 6.78. The first-order valence-corrected chi connectivity index (χ1v) is 8.19. The molecule has 0 bridgehead atoms. The van der Waals surface area contributed by atoms with Crippen LogP contribution >= 0.6 is 0 Å². The number of rotatable bonds is 4. The first-order chi connectivity index (χ1) is 9.81. The molecule has 0 spiro atoms. The van der Waals surface area contributed by atoms with Gasteiger partial charge in [-0.1, -0.05) is 17.7 Å². The standard InChI is InChI=1S/C14H19NO5S/c1-10-3-7-13(8-4-10)21(18,19)20-9-12-6-5-11(2)15(12)14(16)17/h3-4,7-8,11-12H,5-6,9H2,1-2H3,(H,16,17). The largest absolute Gasteiger partial charge is 0.465 e. The van der Waals surface area contributed by atoms with Crippen molar-refractivity contribution in [2.24, 2.45) is 0 Å². The monoisotopic (exact) mass is 313 g/mol. The number of likely N-dealkylation sites (tertiary alicyclic amines) is 1. The van der Waals surface area contributed by atoms with Crippen molar-refractivity contribution in [1.29, 1.82) is 0 Å². The average molecular weight is 313 g/mol. The minimum absolute atomic E-state index is 0.0843. The van der Waals surface area contributed by atoms with Crippen LogP contribution in [0, 0.1) is 6.92 Å². The van der Waals surface area contributed by atoms with Gasteiger partial charge in [-0.15, -0.1) is 0 Å². The molecule has 1 fully saturated rings. The number of amides is 1. The van der Waals surface area contributed by atoms with E-state index in [0.29, 0.717) is 12.8 Å². The van der Waals surface area contributed by atoms with Gasteiger partial charge >= 0.3 is 6.09 Å². The van der Waals surface area contributed by atoms with Crippen molar-refractivity contribution in [2.45, 2.75) is 43.7 Å². The minimum atomic E-state index is -3.85. The number of carboxylic acid groups (broad SMARTS) is 1. The molecule has 1 N–H and O–H groups in total. The van der Waals surface area contributed by atoms with Crippen LogP contribution in [0.15, 0.2) is 29.2 Å². The first kappa shape index (κ1) is 15.8. The second-order valence-corrected chi connectivity index (χ2v) is 6.94. The van der Waals surface area contributed by atoms with Crippen LogP contribution in [0.3, 0.4) is 0 Å². The van der Waals surface area contributed by atoms with Crippen LogP contribution in [0.4, 0.5) is 4.79 Å². The van der Waals surface area contributed by atoms with Crippen LogP contribution in [0.5, 0.6) is 0 Å². The summed E-state index contributed by atoms with van der Waals surface area (Å²) in [6.45, 7) is 3.53. The van der Waals surface area contributed by atoms with E-state index in [1.165, 1.54) is 17.0 Å². The molecule has 1 aromatic rings. The Labute approximate surface area is 124 Å². The summed E-state index contributed by atoms with van der Waals surface area (Å²) in [5.41, 5.74) is 0.954. The fourth-order valence-electron chi connectivity index (χ4n) is 2.52. The maximum absolute atomic E-state index is 12.1. The van der Waals surface area contributed by atoms with Crippen molar-refractivity contribution in [1.82, 2.24) is 4.90 Å². The van der Waals surface area contributed by atoms with Crippen LogP contribution in [-0.2, 0) is 14.3 Å². The fourth-order valence-corrected chi connectivity index (χ4v) is 3.46. The Balaban J connectivity index is 2.05. The summed E-state index contributed by atoms with van der Waals surface area (Å²) < 4.78 is 29.2. The van der Waals surface area contributed by atoms with E-state index in [1.54, 1.807) is 12.1 Å². The Hall–Kier alpha value is -1.60. The highest BCUT2D eigenvalue weighted by Gasteiger charge is 2.35. The number of hydrogen-bond donors (Lipinski definition) is 1. The highest BCUT2D eigenvalue weighted by molar-refractivity contribution is 7.86. The van der Waals surface area contributed by atoms with E-state index in [-0.39, 0.29) is 17.5 Å². The summed E-state index contributed by atoms with van der Waals surface area (Å²) >= 11 is 0. The molecule has 0 radical (unpaired) electrons. The quantitative estimate of drug-likeness (QED) is 0.862. The van der Waals surface area contributed by atoms with Crippen LogP contribution in [-0.4, -0.2) is 43.2 Å². The van der Waals surface area contributed by atoms with Gasteiger partial charge in [0.05, 0.1) is 17.5 Å². The molecule has 1 aliphatic heterocycles. The zero-order valence-corrected chi connectivity index (χ0v) is 12.8. The SMILES string of the molecule is Cc1ccc(S(=O)(=O)OCC2CCC(C)N2C(=O)O)cc1. The van der Waals surface area contributed by atoms with E-state index >= 15 is 0 Å². The van der Waals surface area contributed by atoms with E-state index in [1.807, 2.05) is 13.8 Å². The summed E-state index contributed by atoms with van der Waals surface area (Å²) in [5, 5.41) is 9.15. The van der Waals surface area contributed by atoms with E-state index < -0.39 is 22.3 Å². The van der Waals surface area contributed by atoms with Crippen molar-refractivity contribution in [3.8, 4) is 0 Å². The number of hydrogen-bond acceptors (Lipinski definition) is 4. The summed E-state index contributed by atoms with van der Waals surface area (Å²) in [6, 6.07) is 5.82. The lowest BCUT2D eigenvalue weighted by molar-refractivity contribution is 0.109.